The molecule has 0 spiro atoms. The Balaban J connectivity index is 0. The fourth-order valence-corrected chi connectivity index (χ4v) is 0.738. The maximum atomic E-state index is 8.87. The fourth-order valence-electron chi connectivity index (χ4n) is 0.738. The van der Waals surface area contributed by atoms with Gasteiger partial charge in [-0.1, -0.05) is 31.9 Å². The van der Waals surface area contributed by atoms with Crippen LogP contribution in [0.15, 0.2) is 25.3 Å². The Bertz CT molecular complexity index is 144. The van der Waals surface area contributed by atoms with E-state index in [9.17, 15) is 0 Å². The smallest absolute Gasteiger partial charge is 0.152 e. The molecule has 0 radical (unpaired) electrons. The summed E-state index contributed by atoms with van der Waals surface area (Å²) in [4.78, 5) is 0. The largest absolute Gasteiger partial charge is 0.389 e. The molecule has 90 valence electrons. The molecule has 3 nitrogen and oxygen atoms in total. The quantitative estimate of drug-likeness (QED) is 0.507. The van der Waals surface area contributed by atoms with E-state index in [1.54, 1.807) is 19.1 Å². The maximum Gasteiger partial charge on any atom is 0.152 e. The normalized spacial score (nSPS) is 13.3. The number of hydrogen-bond acceptors (Lipinski definition) is 3. The summed E-state index contributed by atoms with van der Waals surface area (Å²) in [6, 6.07) is 0. The summed E-state index contributed by atoms with van der Waals surface area (Å²) >= 11 is 0. The van der Waals surface area contributed by atoms with Gasteiger partial charge in [0.05, 0.1) is 12.7 Å². The van der Waals surface area contributed by atoms with Crippen molar-refractivity contribution in [2.45, 2.75) is 45.5 Å². The Morgan fingerprint density at radius 3 is 2.20 bits per heavy atom. The van der Waals surface area contributed by atoms with Crippen molar-refractivity contribution in [2.24, 2.45) is 0 Å². The number of hydrogen-bond donors (Lipinski definition) is 2. The van der Waals surface area contributed by atoms with Crippen LogP contribution < -0.4 is 0 Å². The molecule has 0 heterocycles. The van der Waals surface area contributed by atoms with E-state index in [-0.39, 0.29) is 6.10 Å². The van der Waals surface area contributed by atoms with E-state index in [1.165, 1.54) is 0 Å². The molecular weight excluding hydrogens is 192 g/mol. The maximum absolute atomic E-state index is 8.87. The third-order valence-electron chi connectivity index (χ3n) is 1.58. The first-order chi connectivity index (χ1) is 7.08. The van der Waals surface area contributed by atoms with Gasteiger partial charge in [-0.25, -0.2) is 0 Å². The Hall–Kier alpha value is -0.640. The molecular formula is C12H24O3. The van der Waals surface area contributed by atoms with E-state index >= 15 is 0 Å². The Morgan fingerprint density at radius 1 is 1.33 bits per heavy atom. The van der Waals surface area contributed by atoms with Crippen LogP contribution in [0.1, 0.15) is 33.1 Å². The van der Waals surface area contributed by atoms with Crippen molar-refractivity contribution in [3.63, 3.8) is 0 Å². The molecule has 0 aliphatic rings. The molecule has 0 bridgehead atoms. The molecule has 0 aliphatic heterocycles. The predicted molar refractivity (Wildman–Crippen MR) is 63.6 cm³/mol. The second-order valence-electron chi connectivity index (χ2n) is 3.17. The average molecular weight is 216 g/mol. The van der Waals surface area contributed by atoms with E-state index < -0.39 is 6.29 Å². The van der Waals surface area contributed by atoms with Crippen LogP contribution in [0.25, 0.3) is 0 Å². The van der Waals surface area contributed by atoms with E-state index in [2.05, 4.69) is 24.8 Å². The summed E-state index contributed by atoms with van der Waals surface area (Å²) in [6.45, 7) is 10.9. The molecule has 2 atom stereocenters. The summed E-state index contributed by atoms with van der Waals surface area (Å²) in [6.07, 6.45) is 5.31. The van der Waals surface area contributed by atoms with Crippen LogP contribution in [0, 0.1) is 0 Å². The minimum atomic E-state index is -0.669. The van der Waals surface area contributed by atoms with Crippen molar-refractivity contribution in [1.82, 2.24) is 0 Å². The standard InChI is InChI=1S/C7H14O.C5H10O2/c1-3-5-6-7(8)4-2;1-3-4-7-5(2)6/h4,7-8H,2-3,5-6H2,1H3;3,5-6H,1,4H2,2H3. The molecule has 0 fully saturated rings. The number of rotatable bonds is 7. The molecule has 3 heteroatoms. The minimum absolute atomic E-state index is 0.282. The zero-order valence-electron chi connectivity index (χ0n) is 9.85. The van der Waals surface area contributed by atoms with Gasteiger partial charge < -0.3 is 14.9 Å². The molecule has 0 amide bonds. The van der Waals surface area contributed by atoms with Crippen molar-refractivity contribution < 1.29 is 14.9 Å². The SMILES string of the molecule is C=CC(O)CCCC.C=CCOC(C)O. The average Bonchev–Trinajstić information content (AvgIpc) is 2.23. The third-order valence-corrected chi connectivity index (χ3v) is 1.58. The van der Waals surface area contributed by atoms with Crippen LogP contribution in [0.4, 0.5) is 0 Å². The lowest BCUT2D eigenvalue weighted by Gasteiger charge is -2.00. The topological polar surface area (TPSA) is 49.7 Å². The number of aliphatic hydroxyl groups is 2. The van der Waals surface area contributed by atoms with Gasteiger partial charge in [-0.2, -0.15) is 0 Å². The number of ether oxygens (including phenoxy) is 1. The molecule has 0 aromatic heterocycles. The zero-order chi connectivity index (χ0) is 12.1. The highest BCUT2D eigenvalue weighted by atomic mass is 16.6. The van der Waals surface area contributed by atoms with Crippen molar-refractivity contribution in [2.75, 3.05) is 6.61 Å². The van der Waals surface area contributed by atoms with Crippen molar-refractivity contribution >= 4 is 0 Å². The monoisotopic (exact) mass is 216 g/mol. The van der Waals surface area contributed by atoms with E-state index in [0.29, 0.717) is 6.61 Å². The lowest BCUT2D eigenvalue weighted by atomic mass is 10.2. The first-order valence-electron chi connectivity index (χ1n) is 5.29. The zero-order valence-corrected chi connectivity index (χ0v) is 9.85. The van der Waals surface area contributed by atoms with Crippen molar-refractivity contribution in [3.8, 4) is 0 Å². The molecule has 0 aliphatic carbocycles. The van der Waals surface area contributed by atoms with Gasteiger partial charge in [-0.3, -0.25) is 0 Å². The molecule has 15 heavy (non-hydrogen) atoms. The van der Waals surface area contributed by atoms with Crippen LogP contribution in [0.2, 0.25) is 0 Å². The first-order valence-corrected chi connectivity index (χ1v) is 5.29. The van der Waals surface area contributed by atoms with Crippen LogP contribution in [-0.2, 0) is 4.74 Å². The predicted octanol–water partition coefficient (Wildman–Crippen LogP) is 2.25. The molecule has 0 rings (SSSR count). The third kappa shape index (κ3) is 19.7. The summed E-state index contributed by atoms with van der Waals surface area (Å²) in [5.74, 6) is 0. The second kappa shape index (κ2) is 13.4. The fraction of sp³-hybridized carbons (Fsp3) is 0.667. The van der Waals surface area contributed by atoms with Gasteiger partial charge in [-0.15, -0.1) is 13.2 Å². The lowest BCUT2D eigenvalue weighted by molar-refractivity contribution is -0.0739. The van der Waals surface area contributed by atoms with Crippen LogP contribution in [0.5, 0.6) is 0 Å². The highest BCUT2D eigenvalue weighted by Gasteiger charge is 1.93. The summed E-state index contributed by atoms with van der Waals surface area (Å²) in [5.41, 5.74) is 0. The van der Waals surface area contributed by atoms with Gasteiger partial charge in [0, 0.05) is 0 Å². The second-order valence-corrected chi connectivity index (χ2v) is 3.17. The first kappa shape index (κ1) is 16.8. The summed E-state index contributed by atoms with van der Waals surface area (Å²) in [7, 11) is 0. The van der Waals surface area contributed by atoms with Gasteiger partial charge in [0.2, 0.25) is 0 Å². The van der Waals surface area contributed by atoms with Gasteiger partial charge in [-0.05, 0) is 13.3 Å². The molecule has 0 aromatic carbocycles. The van der Waals surface area contributed by atoms with Gasteiger partial charge in [0.25, 0.3) is 0 Å². The molecule has 2 N–H and O–H groups in total. The number of aliphatic hydroxyl groups excluding tert-OH is 2. The molecule has 0 saturated carbocycles. The van der Waals surface area contributed by atoms with Gasteiger partial charge in [0.1, 0.15) is 0 Å². The Labute approximate surface area is 93.1 Å². The summed E-state index contributed by atoms with van der Waals surface area (Å²) < 4.78 is 4.63. The van der Waals surface area contributed by atoms with E-state index in [0.717, 1.165) is 19.3 Å². The molecule has 0 aromatic rings. The minimum Gasteiger partial charge on any atom is -0.389 e. The Kier molecular flexibility index (Phi) is 14.9. The van der Waals surface area contributed by atoms with Gasteiger partial charge in [0.15, 0.2) is 6.29 Å². The number of unbranched alkanes of at least 4 members (excludes halogenated alkanes) is 1. The van der Waals surface area contributed by atoms with E-state index in [1.807, 2.05) is 0 Å². The van der Waals surface area contributed by atoms with Crippen LogP contribution in [-0.4, -0.2) is 29.2 Å². The summed E-state index contributed by atoms with van der Waals surface area (Å²) in [5, 5.41) is 17.3. The van der Waals surface area contributed by atoms with Crippen LogP contribution in [0.3, 0.4) is 0 Å². The van der Waals surface area contributed by atoms with E-state index in [4.69, 9.17) is 10.2 Å². The lowest BCUT2D eigenvalue weighted by Crippen LogP contribution is -2.04. The van der Waals surface area contributed by atoms with Crippen molar-refractivity contribution in [1.29, 1.82) is 0 Å². The van der Waals surface area contributed by atoms with Crippen LogP contribution >= 0.6 is 0 Å². The molecule has 0 saturated heterocycles. The highest BCUT2D eigenvalue weighted by Crippen LogP contribution is 1.99. The Morgan fingerprint density at radius 2 is 1.93 bits per heavy atom. The van der Waals surface area contributed by atoms with Crippen molar-refractivity contribution in [3.05, 3.63) is 25.3 Å². The highest BCUT2D eigenvalue weighted by molar-refractivity contribution is 4.76. The molecule has 2 unspecified atom stereocenters. The van der Waals surface area contributed by atoms with Gasteiger partial charge >= 0.3 is 0 Å².